The number of carboxylic acid groups (broad SMARTS) is 1. The Morgan fingerprint density at radius 2 is 1.90 bits per heavy atom. The standard InChI is InChI=1S/C16H17NO4/c1-10-8-13(11(2)21-10)16(20)17-14(9-15(18)19)12-6-4-3-5-7-12/h3-8,14H,9H2,1-2H3,(H,17,20)(H,18,19)/t14-/m0/s1. The fourth-order valence-electron chi connectivity index (χ4n) is 2.20. The molecule has 0 aliphatic heterocycles. The van der Waals surface area contributed by atoms with Crippen LogP contribution in [0.3, 0.4) is 0 Å². The van der Waals surface area contributed by atoms with Gasteiger partial charge in [0.1, 0.15) is 11.5 Å². The molecule has 2 rings (SSSR count). The molecule has 21 heavy (non-hydrogen) atoms. The summed E-state index contributed by atoms with van der Waals surface area (Å²) in [5.41, 5.74) is 1.19. The van der Waals surface area contributed by atoms with Crippen LogP contribution in [0, 0.1) is 13.8 Å². The molecule has 1 aromatic heterocycles. The van der Waals surface area contributed by atoms with Gasteiger partial charge in [-0.25, -0.2) is 0 Å². The second kappa shape index (κ2) is 6.26. The number of rotatable bonds is 5. The molecule has 0 spiro atoms. The fourth-order valence-corrected chi connectivity index (χ4v) is 2.20. The Balaban J connectivity index is 2.21. The molecule has 0 fully saturated rings. The third kappa shape index (κ3) is 3.72. The summed E-state index contributed by atoms with van der Waals surface area (Å²) in [4.78, 5) is 23.3. The summed E-state index contributed by atoms with van der Waals surface area (Å²) in [5, 5.41) is 11.8. The lowest BCUT2D eigenvalue weighted by atomic mass is 10.0. The van der Waals surface area contributed by atoms with E-state index in [9.17, 15) is 9.59 Å². The van der Waals surface area contributed by atoms with Crippen molar-refractivity contribution in [2.24, 2.45) is 0 Å². The minimum absolute atomic E-state index is 0.175. The van der Waals surface area contributed by atoms with E-state index >= 15 is 0 Å². The van der Waals surface area contributed by atoms with Crippen molar-refractivity contribution >= 4 is 11.9 Å². The fraction of sp³-hybridized carbons (Fsp3) is 0.250. The third-order valence-corrected chi connectivity index (χ3v) is 3.17. The Bertz CT molecular complexity index is 646. The third-order valence-electron chi connectivity index (χ3n) is 3.17. The topological polar surface area (TPSA) is 79.5 Å². The smallest absolute Gasteiger partial charge is 0.305 e. The summed E-state index contributed by atoms with van der Waals surface area (Å²) < 4.78 is 5.33. The quantitative estimate of drug-likeness (QED) is 0.886. The molecular formula is C16H17NO4. The first-order valence-corrected chi connectivity index (χ1v) is 6.62. The predicted octanol–water partition coefficient (Wildman–Crippen LogP) is 2.84. The maximum atomic E-state index is 12.3. The average molecular weight is 287 g/mol. The molecule has 5 heteroatoms. The summed E-state index contributed by atoms with van der Waals surface area (Å²) in [6, 6.07) is 10.1. The van der Waals surface area contributed by atoms with Crippen molar-refractivity contribution in [2.75, 3.05) is 0 Å². The van der Waals surface area contributed by atoms with Gasteiger partial charge >= 0.3 is 5.97 Å². The van der Waals surface area contributed by atoms with Crippen molar-refractivity contribution in [3.63, 3.8) is 0 Å². The van der Waals surface area contributed by atoms with Crippen LogP contribution in [0.4, 0.5) is 0 Å². The number of nitrogens with one attached hydrogen (secondary N) is 1. The summed E-state index contributed by atoms with van der Waals surface area (Å²) in [6.07, 6.45) is -0.175. The zero-order chi connectivity index (χ0) is 15.4. The van der Waals surface area contributed by atoms with E-state index < -0.39 is 12.0 Å². The van der Waals surface area contributed by atoms with E-state index in [2.05, 4.69) is 5.32 Å². The predicted molar refractivity (Wildman–Crippen MR) is 77.1 cm³/mol. The van der Waals surface area contributed by atoms with Crippen molar-refractivity contribution in [2.45, 2.75) is 26.3 Å². The number of aryl methyl sites for hydroxylation is 2. The van der Waals surface area contributed by atoms with Gasteiger partial charge in [-0.3, -0.25) is 9.59 Å². The number of hydrogen-bond donors (Lipinski definition) is 2. The molecule has 110 valence electrons. The molecule has 2 N–H and O–H groups in total. The lowest BCUT2D eigenvalue weighted by Crippen LogP contribution is -2.30. The minimum Gasteiger partial charge on any atom is -0.481 e. The highest BCUT2D eigenvalue weighted by Crippen LogP contribution is 2.19. The van der Waals surface area contributed by atoms with Gasteiger partial charge in [0.15, 0.2) is 0 Å². The first-order chi connectivity index (χ1) is 9.97. The molecule has 0 saturated heterocycles. The minimum atomic E-state index is -0.968. The van der Waals surface area contributed by atoms with Crippen molar-refractivity contribution in [1.29, 1.82) is 0 Å². The van der Waals surface area contributed by atoms with Crippen LogP contribution < -0.4 is 5.32 Å². The maximum Gasteiger partial charge on any atom is 0.305 e. The monoisotopic (exact) mass is 287 g/mol. The molecule has 1 heterocycles. The molecule has 1 amide bonds. The van der Waals surface area contributed by atoms with Gasteiger partial charge in [0.25, 0.3) is 5.91 Å². The van der Waals surface area contributed by atoms with Crippen LogP contribution in [0.15, 0.2) is 40.8 Å². The first kappa shape index (κ1) is 14.8. The molecule has 0 saturated carbocycles. The zero-order valence-corrected chi connectivity index (χ0v) is 11.9. The van der Waals surface area contributed by atoms with Gasteiger partial charge < -0.3 is 14.8 Å². The number of benzene rings is 1. The SMILES string of the molecule is Cc1cc(C(=O)N[C@@H](CC(=O)O)c2ccccc2)c(C)o1. The van der Waals surface area contributed by atoms with E-state index in [1.807, 2.05) is 18.2 Å². The van der Waals surface area contributed by atoms with Crippen molar-refractivity contribution in [3.8, 4) is 0 Å². The molecule has 2 aromatic rings. The highest BCUT2D eigenvalue weighted by Gasteiger charge is 2.21. The van der Waals surface area contributed by atoms with Gasteiger partial charge in [-0.2, -0.15) is 0 Å². The highest BCUT2D eigenvalue weighted by molar-refractivity contribution is 5.95. The lowest BCUT2D eigenvalue weighted by Gasteiger charge is -2.17. The number of carbonyl (C=O) groups is 2. The summed E-state index contributed by atoms with van der Waals surface area (Å²) >= 11 is 0. The molecule has 0 aliphatic carbocycles. The molecule has 1 aromatic carbocycles. The van der Waals surface area contributed by atoms with Crippen LogP contribution in [0.5, 0.6) is 0 Å². The van der Waals surface area contributed by atoms with E-state index in [4.69, 9.17) is 9.52 Å². The Hall–Kier alpha value is -2.56. The molecule has 5 nitrogen and oxygen atoms in total. The molecule has 0 unspecified atom stereocenters. The number of amides is 1. The zero-order valence-electron chi connectivity index (χ0n) is 11.9. The number of furan rings is 1. The number of aliphatic carboxylic acids is 1. The largest absolute Gasteiger partial charge is 0.481 e. The summed E-state index contributed by atoms with van der Waals surface area (Å²) in [7, 11) is 0. The van der Waals surface area contributed by atoms with E-state index in [1.54, 1.807) is 32.0 Å². The summed E-state index contributed by atoms with van der Waals surface area (Å²) in [6.45, 7) is 3.46. The molecule has 0 radical (unpaired) electrons. The van der Waals surface area contributed by atoms with Crippen molar-refractivity contribution in [1.82, 2.24) is 5.32 Å². The van der Waals surface area contributed by atoms with Gasteiger partial charge in [-0.05, 0) is 25.5 Å². The van der Waals surface area contributed by atoms with Gasteiger partial charge in [0, 0.05) is 0 Å². The Morgan fingerprint density at radius 3 is 2.43 bits per heavy atom. The normalized spacial score (nSPS) is 11.9. The molecular weight excluding hydrogens is 270 g/mol. The van der Waals surface area contributed by atoms with Gasteiger partial charge in [0.2, 0.25) is 0 Å². The number of hydrogen-bond acceptors (Lipinski definition) is 3. The lowest BCUT2D eigenvalue weighted by molar-refractivity contribution is -0.137. The average Bonchev–Trinajstić information content (AvgIpc) is 2.77. The maximum absolute atomic E-state index is 12.3. The second-order valence-electron chi connectivity index (χ2n) is 4.86. The highest BCUT2D eigenvalue weighted by atomic mass is 16.4. The van der Waals surface area contributed by atoms with E-state index in [0.717, 1.165) is 5.56 Å². The molecule has 0 aliphatic rings. The number of carbonyl (C=O) groups excluding carboxylic acids is 1. The second-order valence-corrected chi connectivity index (χ2v) is 4.86. The van der Waals surface area contributed by atoms with Crippen LogP contribution in [0.2, 0.25) is 0 Å². The van der Waals surface area contributed by atoms with Crippen molar-refractivity contribution in [3.05, 3.63) is 59.0 Å². The van der Waals surface area contributed by atoms with Gasteiger partial charge in [-0.15, -0.1) is 0 Å². The number of carboxylic acids is 1. The Kier molecular flexibility index (Phi) is 4.42. The summed E-state index contributed by atoms with van der Waals surface area (Å²) in [5.74, 6) is -0.136. The van der Waals surface area contributed by atoms with E-state index in [1.165, 1.54) is 0 Å². The Labute approximate surface area is 122 Å². The van der Waals surface area contributed by atoms with Crippen LogP contribution in [0.25, 0.3) is 0 Å². The van der Waals surface area contributed by atoms with Crippen LogP contribution in [-0.4, -0.2) is 17.0 Å². The Morgan fingerprint density at radius 1 is 1.24 bits per heavy atom. The first-order valence-electron chi connectivity index (χ1n) is 6.62. The molecule has 1 atom stereocenters. The van der Waals surface area contributed by atoms with Crippen LogP contribution >= 0.6 is 0 Å². The van der Waals surface area contributed by atoms with E-state index in [-0.39, 0.29) is 12.3 Å². The molecule has 0 bridgehead atoms. The van der Waals surface area contributed by atoms with Gasteiger partial charge in [-0.1, -0.05) is 30.3 Å². The van der Waals surface area contributed by atoms with E-state index in [0.29, 0.717) is 17.1 Å². The van der Waals surface area contributed by atoms with Gasteiger partial charge in [0.05, 0.1) is 18.0 Å². The van der Waals surface area contributed by atoms with Crippen LogP contribution in [-0.2, 0) is 4.79 Å². The van der Waals surface area contributed by atoms with Crippen molar-refractivity contribution < 1.29 is 19.1 Å². The van der Waals surface area contributed by atoms with Crippen LogP contribution in [0.1, 0.15) is 39.9 Å².